The molecule has 2 fully saturated rings. The number of anilines is 1. The summed E-state index contributed by atoms with van der Waals surface area (Å²) < 4.78 is 1.74. The molecule has 2 aliphatic carbocycles. The van der Waals surface area contributed by atoms with E-state index >= 15 is 0 Å². The lowest BCUT2D eigenvalue weighted by molar-refractivity contribution is -0.0693. The number of nitrogen functional groups attached to an aromatic ring is 1. The predicted molar refractivity (Wildman–Crippen MR) is 77.7 cm³/mol. The number of aliphatic hydroxyl groups is 3. The van der Waals surface area contributed by atoms with E-state index in [0.717, 1.165) is 6.42 Å². The van der Waals surface area contributed by atoms with Gasteiger partial charge in [0.05, 0.1) is 24.6 Å². The summed E-state index contributed by atoms with van der Waals surface area (Å²) in [7, 11) is 0. The molecule has 118 valence electrons. The van der Waals surface area contributed by atoms with Crippen molar-refractivity contribution in [3.8, 4) is 0 Å². The van der Waals surface area contributed by atoms with Gasteiger partial charge in [-0.3, -0.25) is 0 Å². The maximum atomic E-state index is 10.5. The van der Waals surface area contributed by atoms with Crippen molar-refractivity contribution in [3.05, 3.63) is 12.7 Å². The summed E-state index contributed by atoms with van der Waals surface area (Å²) in [6, 6.07) is -0.387. The molecule has 5 atom stereocenters. The number of nitrogens with zero attached hydrogens (tertiary/aromatic N) is 4. The number of imidazole rings is 1. The van der Waals surface area contributed by atoms with Gasteiger partial charge in [0.1, 0.15) is 17.9 Å². The van der Waals surface area contributed by atoms with Crippen LogP contribution in [0.15, 0.2) is 12.7 Å². The lowest BCUT2D eigenvalue weighted by Gasteiger charge is -2.31. The largest absolute Gasteiger partial charge is 0.392 e. The van der Waals surface area contributed by atoms with Gasteiger partial charge in [0.25, 0.3) is 0 Å². The standard InChI is InChI=1S/C14H19N5O3/c15-12-9-13(17-5-16-12)19(6-18-9)7-4-14(11(22)10(7)21)3-1-2-8(14)20/h5-8,10-11,20-22H,1-4H2,(H2,15,16,17)/t7-,8+,10+,11+,14-/m1/s1. The second-order valence-corrected chi connectivity index (χ2v) is 6.43. The van der Waals surface area contributed by atoms with Crippen molar-refractivity contribution in [2.75, 3.05) is 5.73 Å². The third-order valence-corrected chi connectivity index (χ3v) is 5.42. The quantitative estimate of drug-likeness (QED) is 0.564. The van der Waals surface area contributed by atoms with Gasteiger partial charge in [-0.05, 0) is 19.3 Å². The Hall–Kier alpha value is -1.77. The van der Waals surface area contributed by atoms with Crippen molar-refractivity contribution >= 4 is 17.0 Å². The summed E-state index contributed by atoms with van der Waals surface area (Å²) in [5.41, 5.74) is 6.17. The fourth-order valence-corrected chi connectivity index (χ4v) is 4.22. The van der Waals surface area contributed by atoms with Crippen LogP contribution in [-0.4, -0.2) is 53.2 Å². The van der Waals surface area contributed by atoms with E-state index in [-0.39, 0.29) is 11.9 Å². The Kier molecular flexibility index (Phi) is 2.91. The molecule has 0 radical (unpaired) electrons. The van der Waals surface area contributed by atoms with E-state index in [1.807, 2.05) is 0 Å². The molecule has 0 aromatic carbocycles. The Morgan fingerprint density at radius 2 is 2.05 bits per heavy atom. The summed E-state index contributed by atoms with van der Waals surface area (Å²) in [4.78, 5) is 12.3. The molecule has 2 aliphatic rings. The Bertz CT molecular complexity index is 720. The van der Waals surface area contributed by atoms with Crippen LogP contribution in [0.2, 0.25) is 0 Å². The molecular formula is C14H19N5O3. The fraction of sp³-hybridized carbons (Fsp3) is 0.643. The maximum absolute atomic E-state index is 10.5. The first-order valence-corrected chi connectivity index (χ1v) is 7.52. The van der Waals surface area contributed by atoms with Gasteiger partial charge in [0, 0.05) is 5.41 Å². The number of aliphatic hydroxyl groups excluding tert-OH is 3. The first-order chi connectivity index (χ1) is 10.5. The first kappa shape index (κ1) is 13.9. The van der Waals surface area contributed by atoms with Crippen LogP contribution in [-0.2, 0) is 0 Å². The van der Waals surface area contributed by atoms with Gasteiger partial charge in [-0.2, -0.15) is 0 Å². The van der Waals surface area contributed by atoms with Crippen LogP contribution in [0.4, 0.5) is 5.82 Å². The minimum Gasteiger partial charge on any atom is -0.392 e. The minimum atomic E-state index is -0.971. The van der Waals surface area contributed by atoms with Gasteiger partial charge in [-0.1, -0.05) is 6.42 Å². The topological polar surface area (TPSA) is 130 Å². The molecule has 2 aromatic rings. The van der Waals surface area contributed by atoms with Crippen molar-refractivity contribution in [3.63, 3.8) is 0 Å². The molecule has 0 aliphatic heterocycles. The van der Waals surface area contributed by atoms with Crippen LogP contribution in [0.3, 0.4) is 0 Å². The van der Waals surface area contributed by atoms with Crippen LogP contribution in [0, 0.1) is 5.41 Å². The molecular weight excluding hydrogens is 286 g/mol. The number of hydrogen-bond acceptors (Lipinski definition) is 7. The highest BCUT2D eigenvalue weighted by atomic mass is 16.3. The summed E-state index contributed by atoms with van der Waals surface area (Å²) in [6.45, 7) is 0. The molecule has 22 heavy (non-hydrogen) atoms. The Labute approximate surface area is 126 Å². The molecule has 0 bridgehead atoms. The number of aromatic nitrogens is 4. The number of nitrogens with two attached hydrogens (primary N) is 1. The van der Waals surface area contributed by atoms with Gasteiger partial charge in [0.2, 0.25) is 0 Å². The highest BCUT2D eigenvalue weighted by Crippen LogP contribution is 2.54. The summed E-state index contributed by atoms with van der Waals surface area (Å²) in [6.07, 6.45) is 3.14. The minimum absolute atomic E-state index is 0.285. The van der Waals surface area contributed by atoms with E-state index in [9.17, 15) is 15.3 Å². The molecule has 0 saturated heterocycles. The molecule has 0 amide bonds. The van der Waals surface area contributed by atoms with Gasteiger partial charge in [-0.25, -0.2) is 15.0 Å². The molecule has 8 nitrogen and oxygen atoms in total. The second kappa shape index (κ2) is 4.61. The summed E-state index contributed by atoms with van der Waals surface area (Å²) in [5, 5.41) is 31.3. The Balaban J connectivity index is 1.78. The van der Waals surface area contributed by atoms with Crippen LogP contribution in [0.5, 0.6) is 0 Å². The zero-order valence-electron chi connectivity index (χ0n) is 12.0. The third-order valence-electron chi connectivity index (χ3n) is 5.42. The van der Waals surface area contributed by atoms with Crippen molar-refractivity contribution < 1.29 is 15.3 Å². The lowest BCUT2D eigenvalue weighted by atomic mass is 9.80. The van der Waals surface area contributed by atoms with E-state index in [2.05, 4.69) is 15.0 Å². The molecule has 0 unspecified atom stereocenters. The average molecular weight is 305 g/mol. The maximum Gasteiger partial charge on any atom is 0.165 e. The Morgan fingerprint density at radius 3 is 2.77 bits per heavy atom. The number of fused-ring (bicyclic) bond motifs is 1. The first-order valence-electron chi connectivity index (χ1n) is 7.52. The molecule has 8 heteroatoms. The van der Waals surface area contributed by atoms with Gasteiger partial charge >= 0.3 is 0 Å². The van der Waals surface area contributed by atoms with Gasteiger partial charge in [-0.15, -0.1) is 0 Å². The van der Waals surface area contributed by atoms with Gasteiger partial charge in [0.15, 0.2) is 11.5 Å². The average Bonchev–Trinajstić information content (AvgIpc) is 3.15. The molecule has 2 heterocycles. The smallest absolute Gasteiger partial charge is 0.165 e. The molecule has 2 saturated carbocycles. The summed E-state index contributed by atoms with van der Waals surface area (Å²) >= 11 is 0. The molecule has 1 spiro atoms. The van der Waals surface area contributed by atoms with Crippen molar-refractivity contribution in [2.24, 2.45) is 5.41 Å². The van der Waals surface area contributed by atoms with Crippen LogP contribution < -0.4 is 5.73 Å². The fourth-order valence-electron chi connectivity index (χ4n) is 4.22. The second-order valence-electron chi connectivity index (χ2n) is 6.43. The predicted octanol–water partition coefficient (Wildman–Crippen LogP) is -0.394. The lowest BCUT2D eigenvalue weighted by Crippen LogP contribution is -2.41. The van der Waals surface area contributed by atoms with E-state index in [1.54, 1.807) is 10.9 Å². The number of hydrogen-bond donors (Lipinski definition) is 4. The monoisotopic (exact) mass is 305 g/mol. The zero-order valence-corrected chi connectivity index (χ0v) is 12.0. The number of rotatable bonds is 1. The normalized spacial score (nSPS) is 38.3. The summed E-state index contributed by atoms with van der Waals surface area (Å²) in [5.74, 6) is 0.285. The van der Waals surface area contributed by atoms with Gasteiger partial charge < -0.3 is 25.6 Å². The highest BCUT2D eigenvalue weighted by molar-refractivity contribution is 5.81. The third kappa shape index (κ3) is 1.65. The van der Waals surface area contributed by atoms with Crippen molar-refractivity contribution in [1.29, 1.82) is 0 Å². The Morgan fingerprint density at radius 1 is 1.23 bits per heavy atom. The SMILES string of the molecule is Nc1ncnc2c1ncn2[C@@H]1C[C@@]2(CCC[C@@H]2O)[C@@H](O)[C@H]1O. The van der Waals surface area contributed by atoms with Crippen LogP contribution in [0.1, 0.15) is 31.7 Å². The van der Waals surface area contributed by atoms with Crippen LogP contribution >= 0.6 is 0 Å². The highest BCUT2D eigenvalue weighted by Gasteiger charge is 2.58. The molecule has 4 rings (SSSR count). The van der Waals surface area contributed by atoms with Crippen molar-refractivity contribution in [2.45, 2.75) is 50.0 Å². The molecule has 5 N–H and O–H groups in total. The van der Waals surface area contributed by atoms with Crippen molar-refractivity contribution in [1.82, 2.24) is 19.5 Å². The van der Waals surface area contributed by atoms with E-state index in [4.69, 9.17) is 5.73 Å². The van der Waals surface area contributed by atoms with Crippen LogP contribution in [0.25, 0.3) is 11.2 Å². The zero-order chi connectivity index (χ0) is 15.5. The molecule has 2 aromatic heterocycles. The van der Waals surface area contributed by atoms with E-state index in [0.29, 0.717) is 30.4 Å². The van der Waals surface area contributed by atoms with E-state index in [1.165, 1.54) is 6.33 Å². The van der Waals surface area contributed by atoms with E-state index < -0.39 is 23.7 Å².